The molecule has 1 aliphatic heterocycles. The number of likely N-dealkylation sites (tertiary alicyclic amines) is 1. The van der Waals surface area contributed by atoms with Crippen molar-refractivity contribution in [3.05, 3.63) is 36.0 Å². The number of hydrogen-bond donors (Lipinski definition) is 2. The maximum absolute atomic E-state index is 14.1. The fraction of sp³-hybridized carbons (Fsp3) is 0.500. The molecule has 0 saturated carbocycles. The van der Waals surface area contributed by atoms with Crippen LogP contribution in [0.5, 0.6) is 0 Å². The second-order valence-corrected chi connectivity index (χ2v) is 8.46. The van der Waals surface area contributed by atoms with Gasteiger partial charge in [-0.1, -0.05) is 32.1 Å². The minimum Gasteiger partial charge on any atom is -0.391 e. The predicted molar refractivity (Wildman–Crippen MR) is 104 cm³/mol. The van der Waals surface area contributed by atoms with E-state index in [0.717, 1.165) is 12.1 Å². The molecule has 0 radical (unpaired) electrons. The number of benzene rings is 1. The van der Waals surface area contributed by atoms with E-state index in [1.165, 1.54) is 28.9 Å². The van der Waals surface area contributed by atoms with Crippen LogP contribution in [0.25, 0.3) is 11.3 Å². The Morgan fingerprint density at radius 2 is 1.90 bits per heavy atom. The minimum atomic E-state index is -0.911. The van der Waals surface area contributed by atoms with Crippen molar-refractivity contribution in [3.63, 3.8) is 0 Å². The zero-order valence-electron chi connectivity index (χ0n) is 17.3. The molecule has 3 rings (SSSR count). The molecule has 162 valence electrons. The lowest BCUT2D eigenvalue weighted by Crippen LogP contribution is -2.49. The van der Waals surface area contributed by atoms with Gasteiger partial charge in [-0.25, -0.2) is 13.5 Å². The van der Waals surface area contributed by atoms with E-state index in [9.17, 15) is 23.5 Å². The summed E-state index contributed by atoms with van der Waals surface area (Å²) >= 11 is 0. The fourth-order valence-electron chi connectivity index (χ4n) is 3.77. The Labute approximate surface area is 172 Å². The number of nitrogens with one attached hydrogen (secondary N) is 1. The van der Waals surface area contributed by atoms with Crippen molar-refractivity contribution < 1.29 is 23.5 Å². The van der Waals surface area contributed by atoms with Crippen LogP contribution in [0.3, 0.4) is 0 Å². The van der Waals surface area contributed by atoms with Crippen molar-refractivity contribution >= 4 is 11.8 Å². The van der Waals surface area contributed by atoms with Gasteiger partial charge in [-0.05, 0) is 17.5 Å². The lowest BCUT2D eigenvalue weighted by Gasteiger charge is -2.34. The second kappa shape index (κ2) is 8.10. The van der Waals surface area contributed by atoms with Crippen LogP contribution in [0.4, 0.5) is 8.78 Å². The highest BCUT2D eigenvalue weighted by Crippen LogP contribution is 2.35. The van der Waals surface area contributed by atoms with Gasteiger partial charge < -0.3 is 15.3 Å². The van der Waals surface area contributed by atoms with Gasteiger partial charge in [0.1, 0.15) is 29.4 Å². The van der Waals surface area contributed by atoms with Crippen LogP contribution in [-0.4, -0.2) is 62.6 Å². The molecule has 3 atom stereocenters. The molecular formula is C20H25F2N5O3. The van der Waals surface area contributed by atoms with E-state index >= 15 is 0 Å². The molecule has 8 nitrogen and oxygen atoms in total. The summed E-state index contributed by atoms with van der Waals surface area (Å²) in [5.74, 6) is -2.38. The van der Waals surface area contributed by atoms with Gasteiger partial charge in [0.2, 0.25) is 11.8 Å². The third kappa shape index (κ3) is 4.04. The fourth-order valence-corrected chi connectivity index (χ4v) is 3.77. The van der Waals surface area contributed by atoms with E-state index in [-0.39, 0.29) is 30.1 Å². The number of carbonyl (C=O) groups excluding carboxylic acids is 2. The van der Waals surface area contributed by atoms with Gasteiger partial charge in [0.05, 0.1) is 17.9 Å². The number of aliphatic hydroxyl groups is 1. The number of carbonyl (C=O) groups is 2. The van der Waals surface area contributed by atoms with Crippen LogP contribution in [0.15, 0.2) is 24.4 Å². The smallest absolute Gasteiger partial charge is 0.248 e. The van der Waals surface area contributed by atoms with Gasteiger partial charge in [-0.2, -0.15) is 0 Å². The number of aliphatic hydroxyl groups excluding tert-OH is 1. The Kier molecular flexibility index (Phi) is 5.89. The first-order valence-electron chi connectivity index (χ1n) is 9.61. The highest BCUT2D eigenvalue weighted by molar-refractivity contribution is 5.90. The van der Waals surface area contributed by atoms with Gasteiger partial charge >= 0.3 is 0 Å². The summed E-state index contributed by atoms with van der Waals surface area (Å²) in [4.78, 5) is 27.0. The van der Waals surface area contributed by atoms with E-state index < -0.39 is 41.1 Å². The molecule has 2 aromatic rings. The van der Waals surface area contributed by atoms with Crippen molar-refractivity contribution in [2.24, 2.45) is 5.41 Å². The summed E-state index contributed by atoms with van der Waals surface area (Å²) in [6.45, 7) is 5.43. The van der Waals surface area contributed by atoms with Gasteiger partial charge in [0.25, 0.3) is 0 Å². The van der Waals surface area contributed by atoms with Crippen LogP contribution in [0.1, 0.15) is 33.2 Å². The first kappa shape index (κ1) is 21.8. The molecule has 0 aliphatic carbocycles. The molecule has 2 heterocycles. The lowest BCUT2D eigenvalue weighted by atomic mass is 9.85. The quantitative estimate of drug-likeness (QED) is 0.780. The standard InChI is InChI=1S/C20H25F2N5O3/c1-20(2,3)17(19(30)26-9-11(28)8-15(26)18(29)23-4)27-10-14(24-25-27)16-12(21)6-5-7-13(16)22/h5-7,10-11,15,17,28H,8-9H2,1-4H3,(H,23,29)/t11-,15+,17-/m1/s1. The molecule has 10 heteroatoms. The van der Waals surface area contributed by atoms with Crippen molar-refractivity contribution in [2.75, 3.05) is 13.6 Å². The predicted octanol–water partition coefficient (Wildman–Crippen LogP) is 1.52. The molecular weight excluding hydrogens is 396 g/mol. The molecule has 1 fully saturated rings. The Bertz CT molecular complexity index is 936. The number of nitrogens with zero attached hydrogens (tertiary/aromatic N) is 4. The van der Waals surface area contributed by atoms with Gasteiger partial charge in [-0.3, -0.25) is 9.59 Å². The third-order valence-electron chi connectivity index (χ3n) is 5.16. The molecule has 1 aromatic carbocycles. The zero-order valence-corrected chi connectivity index (χ0v) is 17.3. The third-order valence-corrected chi connectivity index (χ3v) is 5.16. The Morgan fingerprint density at radius 1 is 1.27 bits per heavy atom. The highest BCUT2D eigenvalue weighted by atomic mass is 19.1. The van der Waals surface area contributed by atoms with E-state index in [0.29, 0.717) is 0 Å². The number of likely N-dealkylation sites (N-methyl/N-ethyl adjacent to an activating group) is 1. The molecule has 2 N–H and O–H groups in total. The van der Waals surface area contributed by atoms with E-state index in [1.54, 1.807) is 0 Å². The van der Waals surface area contributed by atoms with Crippen LogP contribution >= 0.6 is 0 Å². The Morgan fingerprint density at radius 3 is 2.47 bits per heavy atom. The number of β-amino-alcohol motifs (C(OH)–C–C–N with tert-alkyl or cyclic N) is 1. The van der Waals surface area contributed by atoms with Crippen LogP contribution in [0, 0.1) is 17.0 Å². The van der Waals surface area contributed by atoms with Crippen molar-refractivity contribution in [1.82, 2.24) is 25.2 Å². The molecule has 0 unspecified atom stereocenters. The molecule has 2 amide bonds. The second-order valence-electron chi connectivity index (χ2n) is 8.46. The summed E-state index contributed by atoms with van der Waals surface area (Å²) in [6, 6.07) is 1.75. The molecule has 1 aliphatic rings. The van der Waals surface area contributed by atoms with Gasteiger partial charge in [0, 0.05) is 20.0 Å². The van der Waals surface area contributed by atoms with Crippen molar-refractivity contribution in [2.45, 2.75) is 45.4 Å². The van der Waals surface area contributed by atoms with E-state index in [1.807, 2.05) is 20.8 Å². The summed E-state index contributed by atoms with van der Waals surface area (Å²) < 4.78 is 29.5. The molecule has 1 saturated heterocycles. The number of hydrogen-bond acceptors (Lipinski definition) is 5. The first-order valence-corrected chi connectivity index (χ1v) is 9.61. The molecule has 30 heavy (non-hydrogen) atoms. The summed E-state index contributed by atoms with van der Waals surface area (Å²) in [5, 5.41) is 20.4. The van der Waals surface area contributed by atoms with E-state index in [4.69, 9.17) is 0 Å². The number of rotatable bonds is 4. The van der Waals surface area contributed by atoms with Crippen LogP contribution in [-0.2, 0) is 9.59 Å². The van der Waals surface area contributed by atoms with Crippen molar-refractivity contribution in [1.29, 1.82) is 0 Å². The number of amides is 2. The van der Waals surface area contributed by atoms with Gasteiger partial charge in [-0.15, -0.1) is 5.10 Å². The normalized spacial score (nSPS) is 20.3. The largest absolute Gasteiger partial charge is 0.391 e. The summed E-state index contributed by atoms with van der Waals surface area (Å²) in [6.07, 6.45) is 0.623. The topological polar surface area (TPSA) is 100 Å². The summed E-state index contributed by atoms with van der Waals surface area (Å²) in [7, 11) is 1.46. The first-order chi connectivity index (χ1) is 14.0. The van der Waals surface area contributed by atoms with Crippen LogP contribution in [0.2, 0.25) is 0 Å². The summed E-state index contributed by atoms with van der Waals surface area (Å²) in [5.41, 5.74) is -1.04. The average molecular weight is 421 g/mol. The monoisotopic (exact) mass is 421 g/mol. The molecule has 0 spiro atoms. The van der Waals surface area contributed by atoms with E-state index in [2.05, 4.69) is 15.6 Å². The Hall–Kier alpha value is -2.88. The Balaban J connectivity index is 1.99. The highest BCUT2D eigenvalue weighted by Gasteiger charge is 2.45. The van der Waals surface area contributed by atoms with Gasteiger partial charge in [0.15, 0.2) is 0 Å². The average Bonchev–Trinajstić information content (AvgIpc) is 3.27. The molecule has 0 bridgehead atoms. The SMILES string of the molecule is CNC(=O)[C@@H]1C[C@@H](O)CN1C(=O)[C@@H](n1cc(-c2c(F)cccc2F)nn1)C(C)(C)C. The zero-order chi connectivity index (χ0) is 22.2. The number of aromatic nitrogens is 3. The molecule has 1 aromatic heterocycles. The van der Waals surface area contributed by atoms with Crippen LogP contribution < -0.4 is 5.32 Å². The maximum atomic E-state index is 14.1. The van der Waals surface area contributed by atoms with Crippen molar-refractivity contribution in [3.8, 4) is 11.3 Å². The minimum absolute atomic E-state index is 0.00694. The maximum Gasteiger partial charge on any atom is 0.248 e. The lowest BCUT2D eigenvalue weighted by molar-refractivity contribution is -0.144. The number of halogens is 2.